The molecule has 1 aliphatic carbocycles. The summed E-state index contributed by atoms with van der Waals surface area (Å²) in [6, 6.07) is 0. The van der Waals surface area contributed by atoms with E-state index in [-0.39, 0.29) is 11.6 Å². The Labute approximate surface area is 72.9 Å². The smallest absolute Gasteiger partial charge is 0.303 e. The Morgan fingerprint density at radius 2 is 2.33 bits per heavy atom. The average molecular weight is 166 g/mol. The van der Waals surface area contributed by atoms with Gasteiger partial charge in [-0.1, -0.05) is 25.2 Å². The molecule has 1 aliphatic rings. The van der Waals surface area contributed by atoms with E-state index in [9.17, 15) is 4.79 Å². The molecule has 0 aromatic carbocycles. The lowest BCUT2D eigenvalue weighted by Crippen LogP contribution is -2.31. The van der Waals surface area contributed by atoms with E-state index < -0.39 is 0 Å². The standard InChI is InChI=1S/C10H14O2/c1-3-10(12-9(2)11)7-5-4-6-8-10/h4-7H,3,8H2,1-2H3/t10-/m1/s1. The van der Waals surface area contributed by atoms with Crippen LogP contribution in [0.25, 0.3) is 0 Å². The summed E-state index contributed by atoms with van der Waals surface area (Å²) in [6.45, 7) is 3.47. The zero-order valence-electron chi connectivity index (χ0n) is 7.54. The van der Waals surface area contributed by atoms with Crippen LogP contribution in [0.3, 0.4) is 0 Å². The lowest BCUT2D eigenvalue weighted by Gasteiger charge is -2.29. The van der Waals surface area contributed by atoms with E-state index >= 15 is 0 Å². The van der Waals surface area contributed by atoms with E-state index in [1.165, 1.54) is 6.92 Å². The predicted octanol–water partition coefficient (Wildman–Crippen LogP) is 2.21. The van der Waals surface area contributed by atoms with Gasteiger partial charge in [-0.2, -0.15) is 0 Å². The highest BCUT2D eigenvalue weighted by atomic mass is 16.6. The maximum absolute atomic E-state index is 10.8. The van der Waals surface area contributed by atoms with Crippen LogP contribution in [-0.2, 0) is 9.53 Å². The fraction of sp³-hybridized carbons (Fsp3) is 0.500. The SMILES string of the molecule is CC[C@@]1(OC(C)=O)C=CC=CC1. The lowest BCUT2D eigenvalue weighted by atomic mass is 9.92. The molecule has 1 atom stereocenters. The Morgan fingerprint density at radius 1 is 1.58 bits per heavy atom. The fourth-order valence-corrected chi connectivity index (χ4v) is 1.34. The maximum Gasteiger partial charge on any atom is 0.303 e. The normalized spacial score (nSPS) is 27.2. The van der Waals surface area contributed by atoms with Crippen molar-refractivity contribution in [2.75, 3.05) is 0 Å². The lowest BCUT2D eigenvalue weighted by molar-refractivity contribution is -0.152. The van der Waals surface area contributed by atoms with E-state index in [0.717, 1.165) is 12.8 Å². The van der Waals surface area contributed by atoms with Gasteiger partial charge in [0.25, 0.3) is 0 Å². The van der Waals surface area contributed by atoms with Gasteiger partial charge in [0, 0.05) is 13.3 Å². The Balaban J connectivity index is 2.69. The van der Waals surface area contributed by atoms with Gasteiger partial charge in [0.05, 0.1) is 0 Å². The Bertz CT molecular complexity index is 228. The van der Waals surface area contributed by atoms with Crippen molar-refractivity contribution in [2.45, 2.75) is 32.3 Å². The van der Waals surface area contributed by atoms with Crippen LogP contribution in [0, 0.1) is 0 Å². The van der Waals surface area contributed by atoms with Gasteiger partial charge in [-0.3, -0.25) is 4.79 Å². The molecule has 0 aromatic heterocycles. The molecule has 0 fully saturated rings. The first-order chi connectivity index (χ1) is 5.68. The molecule has 0 saturated carbocycles. The first kappa shape index (κ1) is 9.04. The molecule has 2 nitrogen and oxygen atoms in total. The van der Waals surface area contributed by atoms with Crippen LogP contribution in [0.2, 0.25) is 0 Å². The van der Waals surface area contributed by atoms with Crippen molar-refractivity contribution in [2.24, 2.45) is 0 Å². The number of ether oxygens (including phenoxy) is 1. The minimum absolute atomic E-state index is 0.211. The topological polar surface area (TPSA) is 26.3 Å². The van der Waals surface area contributed by atoms with E-state index in [1.54, 1.807) is 0 Å². The molecule has 0 amide bonds. The van der Waals surface area contributed by atoms with Gasteiger partial charge in [-0.15, -0.1) is 0 Å². The quantitative estimate of drug-likeness (QED) is 0.588. The summed E-state index contributed by atoms with van der Waals surface area (Å²) >= 11 is 0. The van der Waals surface area contributed by atoms with Crippen molar-refractivity contribution in [3.63, 3.8) is 0 Å². The van der Waals surface area contributed by atoms with Gasteiger partial charge in [0.2, 0.25) is 0 Å². The molecule has 66 valence electrons. The van der Waals surface area contributed by atoms with Crippen molar-refractivity contribution < 1.29 is 9.53 Å². The van der Waals surface area contributed by atoms with E-state index in [4.69, 9.17) is 4.74 Å². The second-order valence-electron chi connectivity index (χ2n) is 3.00. The molecule has 0 unspecified atom stereocenters. The largest absolute Gasteiger partial charge is 0.455 e. The molecule has 0 N–H and O–H groups in total. The van der Waals surface area contributed by atoms with Crippen molar-refractivity contribution in [3.05, 3.63) is 24.3 Å². The number of allylic oxidation sites excluding steroid dienone is 2. The number of hydrogen-bond acceptors (Lipinski definition) is 2. The number of esters is 1. The second kappa shape index (κ2) is 3.57. The van der Waals surface area contributed by atoms with Gasteiger partial charge in [-0.25, -0.2) is 0 Å². The highest BCUT2D eigenvalue weighted by Gasteiger charge is 2.27. The van der Waals surface area contributed by atoms with E-state index in [0.29, 0.717) is 0 Å². The zero-order chi connectivity index (χ0) is 9.03. The Morgan fingerprint density at radius 3 is 2.75 bits per heavy atom. The molecule has 0 heterocycles. The molecular formula is C10H14O2. The van der Waals surface area contributed by atoms with Crippen LogP contribution in [0.1, 0.15) is 26.7 Å². The van der Waals surface area contributed by atoms with Crippen LogP contribution in [0.15, 0.2) is 24.3 Å². The van der Waals surface area contributed by atoms with Crippen LogP contribution >= 0.6 is 0 Å². The summed E-state index contributed by atoms with van der Waals surface area (Å²) < 4.78 is 5.25. The minimum Gasteiger partial charge on any atom is -0.455 e. The summed E-state index contributed by atoms with van der Waals surface area (Å²) in [5.41, 5.74) is -0.374. The van der Waals surface area contributed by atoms with Crippen molar-refractivity contribution in [1.29, 1.82) is 0 Å². The molecule has 0 saturated heterocycles. The molecule has 0 spiro atoms. The van der Waals surface area contributed by atoms with Gasteiger partial charge in [0.15, 0.2) is 0 Å². The Kier molecular flexibility index (Phi) is 2.69. The molecular weight excluding hydrogens is 152 g/mol. The first-order valence-corrected chi connectivity index (χ1v) is 4.22. The summed E-state index contributed by atoms with van der Waals surface area (Å²) in [4.78, 5) is 10.8. The second-order valence-corrected chi connectivity index (χ2v) is 3.00. The minimum atomic E-state index is -0.374. The first-order valence-electron chi connectivity index (χ1n) is 4.22. The molecule has 0 aliphatic heterocycles. The summed E-state index contributed by atoms with van der Waals surface area (Å²) in [7, 11) is 0. The van der Waals surface area contributed by atoms with Gasteiger partial charge in [0.1, 0.15) is 5.60 Å². The third kappa shape index (κ3) is 1.97. The number of hydrogen-bond donors (Lipinski definition) is 0. The Hall–Kier alpha value is -1.05. The fourth-order valence-electron chi connectivity index (χ4n) is 1.34. The van der Waals surface area contributed by atoms with Crippen LogP contribution in [0.4, 0.5) is 0 Å². The highest BCUT2D eigenvalue weighted by Crippen LogP contribution is 2.25. The van der Waals surface area contributed by atoms with Crippen LogP contribution < -0.4 is 0 Å². The molecule has 0 radical (unpaired) electrons. The van der Waals surface area contributed by atoms with E-state index in [2.05, 4.69) is 0 Å². The average Bonchev–Trinajstić information content (AvgIpc) is 2.05. The third-order valence-electron chi connectivity index (χ3n) is 2.06. The molecule has 0 bridgehead atoms. The van der Waals surface area contributed by atoms with Crippen molar-refractivity contribution >= 4 is 5.97 Å². The zero-order valence-corrected chi connectivity index (χ0v) is 7.54. The summed E-state index contributed by atoms with van der Waals surface area (Å²) in [5.74, 6) is -0.211. The van der Waals surface area contributed by atoms with Crippen LogP contribution in [-0.4, -0.2) is 11.6 Å². The van der Waals surface area contributed by atoms with Gasteiger partial charge in [-0.05, 0) is 12.5 Å². The highest BCUT2D eigenvalue weighted by molar-refractivity contribution is 5.67. The monoisotopic (exact) mass is 166 g/mol. The number of carbonyl (C=O) groups excluding carboxylic acids is 1. The summed E-state index contributed by atoms with van der Waals surface area (Å²) in [5, 5.41) is 0. The maximum atomic E-state index is 10.8. The molecule has 1 rings (SSSR count). The predicted molar refractivity (Wildman–Crippen MR) is 47.7 cm³/mol. The van der Waals surface area contributed by atoms with Gasteiger partial charge >= 0.3 is 5.97 Å². The number of carbonyl (C=O) groups is 1. The molecule has 0 aromatic rings. The molecule has 12 heavy (non-hydrogen) atoms. The number of rotatable bonds is 2. The van der Waals surface area contributed by atoms with Crippen LogP contribution in [0.5, 0.6) is 0 Å². The van der Waals surface area contributed by atoms with E-state index in [1.807, 2.05) is 31.2 Å². The molecule has 2 heteroatoms. The van der Waals surface area contributed by atoms with Crippen molar-refractivity contribution in [3.8, 4) is 0 Å². The van der Waals surface area contributed by atoms with Crippen molar-refractivity contribution in [1.82, 2.24) is 0 Å². The third-order valence-corrected chi connectivity index (χ3v) is 2.06. The summed E-state index contributed by atoms with van der Waals surface area (Å²) in [6.07, 6.45) is 9.49. The van der Waals surface area contributed by atoms with Gasteiger partial charge < -0.3 is 4.74 Å².